The zero-order chi connectivity index (χ0) is 15.4. The lowest BCUT2D eigenvalue weighted by Crippen LogP contribution is -2.34. The molecule has 2 aromatic rings. The molecule has 0 spiro atoms. The highest BCUT2D eigenvalue weighted by Crippen LogP contribution is 2.38. The normalized spacial score (nSPS) is 20.6. The first-order valence-corrected chi connectivity index (χ1v) is 7.69. The minimum absolute atomic E-state index is 0.203. The van der Waals surface area contributed by atoms with Gasteiger partial charge in [-0.1, -0.05) is 61.9 Å². The summed E-state index contributed by atoms with van der Waals surface area (Å²) in [7, 11) is 0. The summed E-state index contributed by atoms with van der Waals surface area (Å²) in [6.07, 6.45) is 2.57. The summed E-state index contributed by atoms with van der Waals surface area (Å²) < 4.78 is 6.14. The van der Waals surface area contributed by atoms with Gasteiger partial charge in [0.1, 0.15) is 0 Å². The fourth-order valence-corrected chi connectivity index (χ4v) is 2.74. The number of ether oxygens (including phenoxy) is 1. The minimum atomic E-state index is -0.970. The highest BCUT2D eigenvalue weighted by Gasteiger charge is 2.47. The van der Waals surface area contributed by atoms with Gasteiger partial charge in [-0.25, -0.2) is 0 Å². The van der Waals surface area contributed by atoms with Crippen molar-refractivity contribution in [1.29, 1.82) is 0 Å². The molecule has 1 aliphatic rings. The number of nitrogens with zero attached hydrogens (tertiary/aromatic N) is 1. The third kappa shape index (κ3) is 2.54. The van der Waals surface area contributed by atoms with Gasteiger partial charge >= 0.3 is 0 Å². The Morgan fingerprint density at radius 1 is 1.00 bits per heavy atom. The Bertz CT molecular complexity index is 679. The molecule has 0 radical (unpaired) electrons. The molecule has 1 atom stereocenters. The fraction of sp³-hybridized carbons (Fsp3) is 0.263. The molecule has 0 unspecified atom stereocenters. The van der Waals surface area contributed by atoms with Gasteiger partial charge in [0.2, 0.25) is 11.5 Å². The molecule has 0 N–H and O–H groups in total. The van der Waals surface area contributed by atoms with Gasteiger partial charge in [-0.3, -0.25) is 4.79 Å². The van der Waals surface area contributed by atoms with Crippen molar-refractivity contribution in [3.8, 4) is 0 Å². The molecule has 0 fully saturated rings. The number of carbonyl (C=O) groups is 1. The number of rotatable bonds is 5. The van der Waals surface area contributed by atoms with E-state index in [-0.39, 0.29) is 5.91 Å². The van der Waals surface area contributed by atoms with Crippen LogP contribution in [-0.2, 0) is 15.1 Å². The molecule has 0 aliphatic carbocycles. The van der Waals surface area contributed by atoms with Crippen molar-refractivity contribution < 1.29 is 9.53 Å². The molecular weight excluding hydrogens is 274 g/mol. The molecular formula is C19H19NO2. The molecule has 0 bridgehead atoms. The Morgan fingerprint density at radius 2 is 1.64 bits per heavy atom. The van der Waals surface area contributed by atoms with Gasteiger partial charge in [0.15, 0.2) is 0 Å². The van der Waals surface area contributed by atoms with E-state index in [0.717, 1.165) is 24.0 Å². The van der Waals surface area contributed by atoms with Crippen molar-refractivity contribution in [2.75, 3.05) is 0 Å². The Morgan fingerprint density at radius 3 is 2.27 bits per heavy atom. The second-order valence-electron chi connectivity index (χ2n) is 5.49. The first-order valence-electron chi connectivity index (χ1n) is 7.69. The number of benzene rings is 2. The maximum Gasteiger partial charge on any atom is 0.297 e. The molecule has 0 saturated carbocycles. The maximum atomic E-state index is 12.7. The van der Waals surface area contributed by atoms with E-state index in [0.29, 0.717) is 12.3 Å². The Kier molecular flexibility index (Phi) is 4.05. The van der Waals surface area contributed by atoms with Crippen molar-refractivity contribution in [2.24, 2.45) is 4.99 Å². The van der Waals surface area contributed by atoms with Crippen LogP contribution in [0.15, 0.2) is 65.7 Å². The second kappa shape index (κ2) is 6.14. The summed E-state index contributed by atoms with van der Waals surface area (Å²) in [6, 6.07) is 19.3. The summed E-state index contributed by atoms with van der Waals surface area (Å²) in [6.45, 7) is 2.11. The van der Waals surface area contributed by atoms with Crippen LogP contribution < -0.4 is 0 Å². The molecule has 3 rings (SSSR count). The highest BCUT2D eigenvalue weighted by atomic mass is 16.5. The molecule has 0 aromatic heterocycles. The number of amides is 1. The van der Waals surface area contributed by atoms with E-state index in [2.05, 4.69) is 11.9 Å². The molecule has 3 nitrogen and oxygen atoms in total. The third-order valence-corrected chi connectivity index (χ3v) is 3.96. The first-order chi connectivity index (χ1) is 10.8. The van der Waals surface area contributed by atoms with E-state index in [1.54, 1.807) is 0 Å². The Labute approximate surface area is 130 Å². The predicted octanol–water partition coefficient (Wildman–Crippen LogP) is 4.08. The number of hydrogen-bond donors (Lipinski definition) is 0. The van der Waals surface area contributed by atoms with Crippen LogP contribution in [0.5, 0.6) is 0 Å². The molecule has 112 valence electrons. The molecule has 1 heterocycles. The minimum Gasteiger partial charge on any atom is -0.455 e. The van der Waals surface area contributed by atoms with Gasteiger partial charge in [0.25, 0.3) is 5.91 Å². The van der Waals surface area contributed by atoms with Crippen LogP contribution in [-0.4, -0.2) is 11.8 Å². The molecule has 3 heteroatoms. The lowest BCUT2D eigenvalue weighted by atomic mass is 9.88. The standard InChI is InChI=1S/C19H19NO2/c1-2-3-14-19(16-12-8-5-9-13-16)18(21)20-17(22-19)15-10-6-4-7-11-15/h4-13H,2-3,14H2,1H3/t19-/m1/s1. The van der Waals surface area contributed by atoms with E-state index < -0.39 is 5.60 Å². The van der Waals surface area contributed by atoms with Gasteiger partial charge in [-0.15, -0.1) is 0 Å². The highest BCUT2D eigenvalue weighted by molar-refractivity contribution is 6.09. The number of carbonyl (C=O) groups excluding carboxylic acids is 1. The van der Waals surface area contributed by atoms with Crippen LogP contribution in [0.2, 0.25) is 0 Å². The number of hydrogen-bond acceptors (Lipinski definition) is 2. The Balaban J connectivity index is 1.98. The fourth-order valence-electron chi connectivity index (χ4n) is 2.74. The second-order valence-corrected chi connectivity index (χ2v) is 5.49. The predicted molar refractivity (Wildman–Crippen MR) is 86.7 cm³/mol. The molecule has 1 aliphatic heterocycles. The summed E-state index contributed by atoms with van der Waals surface area (Å²) in [5, 5.41) is 0. The monoisotopic (exact) mass is 293 g/mol. The van der Waals surface area contributed by atoms with Gasteiger partial charge < -0.3 is 4.74 Å². The average Bonchev–Trinajstić information content (AvgIpc) is 2.92. The van der Waals surface area contributed by atoms with Crippen molar-refractivity contribution >= 4 is 11.8 Å². The Hall–Kier alpha value is -2.42. The average molecular weight is 293 g/mol. The van der Waals surface area contributed by atoms with E-state index in [1.165, 1.54) is 0 Å². The topological polar surface area (TPSA) is 38.7 Å². The summed E-state index contributed by atoms with van der Waals surface area (Å²) in [5.74, 6) is 0.219. The third-order valence-electron chi connectivity index (χ3n) is 3.96. The quantitative estimate of drug-likeness (QED) is 0.833. The van der Waals surface area contributed by atoms with Crippen LogP contribution in [0, 0.1) is 0 Å². The summed E-state index contributed by atoms with van der Waals surface area (Å²) in [5.41, 5.74) is 0.746. The van der Waals surface area contributed by atoms with E-state index in [4.69, 9.17) is 4.74 Å². The lowest BCUT2D eigenvalue weighted by molar-refractivity contribution is -0.132. The first kappa shape index (κ1) is 14.5. The molecule has 0 saturated heterocycles. The number of aliphatic imine (C=N–C) groups is 1. The van der Waals surface area contributed by atoms with E-state index >= 15 is 0 Å². The SMILES string of the molecule is CCCC[C@]1(c2ccccc2)OC(c2ccccc2)=NC1=O. The van der Waals surface area contributed by atoms with E-state index in [9.17, 15) is 4.79 Å². The smallest absolute Gasteiger partial charge is 0.297 e. The van der Waals surface area contributed by atoms with Crippen LogP contribution in [0.4, 0.5) is 0 Å². The molecule has 22 heavy (non-hydrogen) atoms. The molecule has 2 aromatic carbocycles. The van der Waals surface area contributed by atoms with Gasteiger partial charge in [0.05, 0.1) is 0 Å². The summed E-state index contributed by atoms with van der Waals surface area (Å²) >= 11 is 0. The van der Waals surface area contributed by atoms with Gasteiger partial charge in [-0.2, -0.15) is 4.99 Å². The van der Waals surface area contributed by atoms with Crippen molar-refractivity contribution in [3.63, 3.8) is 0 Å². The van der Waals surface area contributed by atoms with Crippen molar-refractivity contribution in [3.05, 3.63) is 71.8 Å². The van der Waals surface area contributed by atoms with Gasteiger partial charge in [-0.05, 0) is 18.6 Å². The molecule has 1 amide bonds. The van der Waals surface area contributed by atoms with Crippen LogP contribution in [0.3, 0.4) is 0 Å². The van der Waals surface area contributed by atoms with Crippen molar-refractivity contribution in [2.45, 2.75) is 31.8 Å². The zero-order valence-corrected chi connectivity index (χ0v) is 12.7. The van der Waals surface area contributed by atoms with Crippen LogP contribution >= 0.6 is 0 Å². The van der Waals surface area contributed by atoms with E-state index in [1.807, 2.05) is 60.7 Å². The summed E-state index contributed by atoms with van der Waals surface area (Å²) in [4.78, 5) is 16.9. The largest absolute Gasteiger partial charge is 0.455 e. The lowest BCUT2D eigenvalue weighted by Gasteiger charge is -2.27. The van der Waals surface area contributed by atoms with Crippen LogP contribution in [0.25, 0.3) is 0 Å². The van der Waals surface area contributed by atoms with Gasteiger partial charge in [0, 0.05) is 17.5 Å². The maximum absolute atomic E-state index is 12.7. The zero-order valence-electron chi connectivity index (χ0n) is 12.7. The van der Waals surface area contributed by atoms with Crippen molar-refractivity contribution in [1.82, 2.24) is 0 Å². The number of unbranched alkanes of at least 4 members (excludes halogenated alkanes) is 1. The van der Waals surface area contributed by atoms with Crippen LogP contribution in [0.1, 0.15) is 37.3 Å².